The number of hydrogen-bond donors (Lipinski definition) is 2. The predicted molar refractivity (Wildman–Crippen MR) is 79.2 cm³/mol. The number of amides is 2. The van der Waals surface area contributed by atoms with Crippen LogP contribution in [-0.2, 0) is 4.79 Å². The third-order valence-electron chi connectivity index (χ3n) is 3.17. The SMILES string of the molecule is Cc1cccc(C(C)C)c1NC(=O)N(C)CCC(=O)O. The molecule has 2 N–H and O–H groups in total. The molecule has 20 heavy (non-hydrogen) atoms. The highest BCUT2D eigenvalue weighted by molar-refractivity contribution is 5.91. The summed E-state index contributed by atoms with van der Waals surface area (Å²) in [5.74, 6) is -0.613. The number of carbonyl (C=O) groups is 2. The average Bonchev–Trinajstić information content (AvgIpc) is 2.37. The minimum Gasteiger partial charge on any atom is -0.481 e. The molecule has 0 aliphatic heterocycles. The van der Waals surface area contributed by atoms with Crippen LogP contribution in [0.25, 0.3) is 0 Å². The fourth-order valence-electron chi connectivity index (χ4n) is 1.91. The largest absolute Gasteiger partial charge is 0.481 e. The molecule has 0 aliphatic carbocycles. The number of nitrogens with one attached hydrogen (secondary N) is 1. The van der Waals surface area contributed by atoms with E-state index in [-0.39, 0.29) is 19.0 Å². The van der Waals surface area contributed by atoms with Gasteiger partial charge in [-0.3, -0.25) is 4.79 Å². The Balaban J connectivity index is 2.82. The number of benzene rings is 1. The maximum absolute atomic E-state index is 12.1. The standard InChI is InChI=1S/C15H22N2O3/c1-10(2)12-7-5-6-11(3)14(12)16-15(20)17(4)9-8-13(18)19/h5-7,10H,8-9H2,1-4H3,(H,16,20)(H,18,19). The molecule has 0 spiro atoms. The Bertz CT molecular complexity index is 498. The summed E-state index contributed by atoms with van der Waals surface area (Å²) >= 11 is 0. The van der Waals surface area contributed by atoms with Crippen molar-refractivity contribution in [2.45, 2.75) is 33.1 Å². The van der Waals surface area contributed by atoms with Gasteiger partial charge in [0.2, 0.25) is 0 Å². The molecule has 0 heterocycles. The van der Waals surface area contributed by atoms with Gasteiger partial charge in [0.1, 0.15) is 0 Å². The minimum absolute atomic E-state index is 0.0608. The van der Waals surface area contributed by atoms with E-state index in [0.29, 0.717) is 5.92 Å². The molecule has 0 radical (unpaired) electrons. The first-order valence-corrected chi connectivity index (χ1v) is 6.66. The van der Waals surface area contributed by atoms with Crippen LogP contribution in [0.4, 0.5) is 10.5 Å². The van der Waals surface area contributed by atoms with Crippen LogP contribution in [0.2, 0.25) is 0 Å². The molecule has 5 heteroatoms. The van der Waals surface area contributed by atoms with Crippen molar-refractivity contribution in [2.24, 2.45) is 0 Å². The Hall–Kier alpha value is -2.04. The van der Waals surface area contributed by atoms with Gasteiger partial charge in [0.05, 0.1) is 6.42 Å². The second kappa shape index (κ2) is 6.93. The van der Waals surface area contributed by atoms with Crippen molar-refractivity contribution in [1.29, 1.82) is 0 Å². The van der Waals surface area contributed by atoms with Crippen LogP contribution in [-0.4, -0.2) is 35.6 Å². The van der Waals surface area contributed by atoms with Gasteiger partial charge >= 0.3 is 12.0 Å². The molecule has 0 fully saturated rings. The van der Waals surface area contributed by atoms with Crippen LogP contribution >= 0.6 is 0 Å². The van der Waals surface area contributed by atoms with Gasteiger partial charge in [-0.1, -0.05) is 32.0 Å². The van der Waals surface area contributed by atoms with Crippen LogP contribution < -0.4 is 5.32 Å². The van der Waals surface area contributed by atoms with Crippen molar-refractivity contribution in [2.75, 3.05) is 18.9 Å². The third kappa shape index (κ3) is 4.26. The Morgan fingerprint density at radius 1 is 1.35 bits per heavy atom. The summed E-state index contributed by atoms with van der Waals surface area (Å²) in [6.45, 7) is 6.26. The number of carboxylic acids is 1. The number of para-hydroxylation sites is 1. The number of nitrogens with zero attached hydrogens (tertiary/aromatic N) is 1. The molecule has 1 rings (SSSR count). The van der Waals surface area contributed by atoms with Gasteiger partial charge in [-0.05, 0) is 24.0 Å². The van der Waals surface area contributed by atoms with Gasteiger partial charge in [0.25, 0.3) is 0 Å². The van der Waals surface area contributed by atoms with Crippen LogP contribution in [0.5, 0.6) is 0 Å². The molecule has 0 bridgehead atoms. The van der Waals surface area contributed by atoms with Gasteiger partial charge in [0, 0.05) is 19.3 Å². The summed E-state index contributed by atoms with van der Waals surface area (Å²) in [6, 6.07) is 5.61. The Morgan fingerprint density at radius 3 is 2.55 bits per heavy atom. The highest BCUT2D eigenvalue weighted by atomic mass is 16.4. The Morgan fingerprint density at radius 2 is 2.00 bits per heavy atom. The fraction of sp³-hybridized carbons (Fsp3) is 0.467. The number of carbonyl (C=O) groups excluding carboxylic acids is 1. The Kier molecular flexibility index (Phi) is 5.55. The van der Waals surface area contributed by atoms with Crippen molar-refractivity contribution in [3.63, 3.8) is 0 Å². The van der Waals surface area contributed by atoms with Gasteiger partial charge in [0.15, 0.2) is 0 Å². The van der Waals surface area contributed by atoms with Crippen LogP contribution in [0.1, 0.15) is 37.3 Å². The molecule has 110 valence electrons. The predicted octanol–water partition coefficient (Wildman–Crippen LogP) is 3.06. The zero-order chi connectivity index (χ0) is 15.3. The first-order valence-electron chi connectivity index (χ1n) is 6.66. The van der Waals surface area contributed by atoms with Gasteiger partial charge in [-0.15, -0.1) is 0 Å². The second-order valence-electron chi connectivity index (χ2n) is 5.19. The molecular weight excluding hydrogens is 256 g/mol. The minimum atomic E-state index is -0.914. The summed E-state index contributed by atoms with van der Waals surface area (Å²) in [5, 5.41) is 11.5. The third-order valence-corrected chi connectivity index (χ3v) is 3.17. The first kappa shape index (κ1) is 16.0. The molecule has 2 amide bonds. The number of carboxylic acid groups (broad SMARTS) is 1. The highest BCUT2D eigenvalue weighted by Crippen LogP contribution is 2.27. The quantitative estimate of drug-likeness (QED) is 0.869. The normalized spacial score (nSPS) is 10.4. The smallest absolute Gasteiger partial charge is 0.321 e. The molecule has 0 saturated heterocycles. The van der Waals surface area contributed by atoms with E-state index in [9.17, 15) is 9.59 Å². The zero-order valence-corrected chi connectivity index (χ0v) is 12.4. The Labute approximate surface area is 119 Å². The molecular formula is C15H22N2O3. The summed E-state index contributed by atoms with van der Waals surface area (Å²) < 4.78 is 0. The number of aryl methyl sites for hydroxylation is 1. The number of anilines is 1. The fourth-order valence-corrected chi connectivity index (χ4v) is 1.91. The number of hydrogen-bond acceptors (Lipinski definition) is 2. The molecule has 1 aromatic carbocycles. The first-order chi connectivity index (χ1) is 9.32. The maximum atomic E-state index is 12.1. The van der Waals surface area contributed by atoms with Gasteiger partial charge < -0.3 is 15.3 Å². The van der Waals surface area contributed by atoms with E-state index in [0.717, 1.165) is 16.8 Å². The van der Waals surface area contributed by atoms with Crippen molar-refractivity contribution in [3.05, 3.63) is 29.3 Å². The molecule has 5 nitrogen and oxygen atoms in total. The van der Waals surface area contributed by atoms with E-state index >= 15 is 0 Å². The summed E-state index contributed by atoms with van der Waals surface area (Å²) in [5.41, 5.74) is 2.89. The lowest BCUT2D eigenvalue weighted by molar-refractivity contribution is -0.137. The van der Waals surface area contributed by atoms with Crippen LogP contribution in [0.3, 0.4) is 0 Å². The monoisotopic (exact) mass is 278 g/mol. The van der Waals surface area contributed by atoms with E-state index in [2.05, 4.69) is 19.2 Å². The van der Waals surface area contributed by atoms with Gasteiger partial charge in [-0.2, -0.15) is 0 Å². The lowest BCUT2D eigenvalue weighted by Crippen LogP contribution is -2.33. The summed E-state index contributed by atoms with van der Waals surface area (Å²) in [7, 11) is 1.59. The van der Waals surface area contributed by atoms with E-state index < -0.39 is 5.97 Å². The number of urea groups is 1. The van der Waals surface area contributed by atoms with E-state index in [4.69, 9.17) is 5.11 Å². The van der Waals surface area contributed by atoms with Crippen molar-refractivity contribution < 1.29 is 14.7 Å². The highest BCUT2D eigenvalue weighted by Gasteiger charge is 2.15. The second-order valence-corrected chi connectivity index (χ2v) is 5.19. The maximum Gasteiger partial charge on any atom is 0.321 e. The number of rotatable bonds is 5. The van der Waals surface area contributed by atoms with E-state index in [1.807, 2.05) is 25.1 Å². The van der Waals surface area contributed by atoms with Crippen molar-refractivity contribution in [3.8, 4) is 0 Å². The van der Waals surface area contributed by atoms with Crippen LogP contribution in [0.15, 0.2) is 18.2 Å². The zero-order valence-electron chi connectivity index (χ0n) is 12.4. The topological polar surface area (TPSA) is 69.6 Å². The molecule has 1 aromatic rings. The molecule has 0 atom stereocenters. The summed E-state index contributed by atoms with van der Waals surface area (Å²) in [4.78, 5) is 24.0. The molecule has 0 unspecified atom stereocenters. The average molecular weight is 278 g/mol. The molecule has 0 saturated carbocycles. The van der Waals surface area contributed by atoms with Gasteiger partial charge in [-0.25, -0.2) is 4.79 Å². The van der Waals surface area contributed by atoms with Crippen molar-refractivity contribution in [1.82, 2.24) is 4.90 Å². The van der Waals surface area contributed by atoms with Crippen LogP contribution in [0, 0.1) is 6.92 Å². The molecule has 0 aromatic heterocycles. The lowest BCUT2D eigenvalue weighted by atomic mass is 9.98. The molecule has 0 aliphatic rings. The summed E-state index contributed by atoms with van der Waals surface area (Å²) in [6.07, 6.45) is -0.0608. The van der Waals surface area contributed by atoms with E-state index in [1.54, 1.807) is 7.05 Å². The lowest BCUT2D eigenvalue weighted by Gasteiger charge is -2.21. The van der Waals surface area contributed by atoms with E-state index in [1.165, 1.54) is 4.90 Å². The van der Waals surface area contributed by atoms with Crippen molar-refractivity contribution >= 4 is 17.7 Å². The number of aliphatic carboxylic acids is 1.